The van der Waals surface area contributed by atoms with Gasteiger partial charge in [-0.15, -0.1) is 0 Å². The lowest BCUT2D eigenvalue weighted by Gasteiger charge is -2.33. The number of aryl methyl sites for hydroxylation is 1. The predicted octanol–water partition coefficient (Wildman–Crippen LogP) is 2.34. The maximum Gasteiger partial charge on any atom is 0.387 e. The molecule has 0 unspecified atom stereocenters. The highest BCUT2D eigenvalue weighted by Crippen LogP contribution is 2.25. The minimum atomic E-state index is -2.94. The number of anilines is 1. The van der Waals surface area contributed by atoms with Crippen LogP contribution >= 0.6 is 0 Å². The van der Waals surface area contributed by atoms with Crippen LogP contribution in [0.3, 0.4) is 0 Å². The van der Waals surface area contributed by atoms with E-state index in [1.54, 1.807) is 12.1 Å². The number of halogens is 2. The number of alkyl halides is 2. The van der Waals surface area contributed by atoms with Crippen molar-refractivity contribution in [1.29, 1.82) is 0 Å². The van der Waals surface area contributed by atoms with E-state index >= 15 is 0 Å². The Morgan fingerprint density at radius 2 is 1.96 bits per heavy atom. The fourth-order valence-electron chi connectivity index (χ4n) is 2.98. The lowest BCUT2D eigenvalue weighted by Crippen LogP contribution is -2.48. The van der Waals surface area contributed by atoms with E-state index < -0.39 is 6.61 Å². The van der Waals surface area contributed by atoms with Gasteiger partial charge in [0.05, 0.1) is 24.5 Å². The summed E-state index contributed by atoms with van der Waals surface area (Å²) in [5, 5.41) is 6.52. The molecule has 0 radical (unpaired) electrons. The highest BCUT2D eigenvalue weighted by atomic mass is 19.3. The molecule has 1 aromatic carbocycles. The molecule has 1 fully saturated rings. The van der Waals surface area contributed by atoms with Gasteiger partial charge in [0.25, 0.3) is 0 Å². The van der Waals surface area contributed by atoms with Crippen molar-refractivity contribution in [3.63, 3.8) is 0 Å². The van der Waals surface area contributed by atoms with Gasteiger partial charge in [0, 0.05) is 32.2 Å². The van der Waals surface area contributed by atoms with E-state index in [-0.39, 0.29) is 23.9 Å². The van der Waals surface area contributed by atoms with E-state index in [0.717, 1.165) is 37.6 Å². The summed E-state index contributed by atoms with van der Waals surface area (Å²) < 4.78 is 34.5. The molecule has 1 aliphatic rings. The Kier molecular flexibility index (Phi) is 6.36. The molecule has 146 valence electrons. The van der Waals surface area contributed by atoms with Crippen molar-refractivity contribution in [2.45, 2.75) is 20.1 Å². The van der Waals surface area contributed by atoms with Crippen molar-refractivity contribution < 1.29 is 22.8 Å². The third-order valence-corrected chi connectivity index (χ3v) is 4.27. The first-order valence-electron chi connectivity index (χ1n) is 8.70. The fraction of sp³-hybridized carbons (Fsp3) is 0.444. The van der Waals surface area contributed by atoms with E-state index in [9.17, 15) is 13.6 Å². The molecule has 1 aliphatic heterocycles. The molecule has 1 aromatic heterocycles. The first kappa shape index (κ1) is 19.2. The molecule has 7 nitrogen and oxygen atoms in total. The van der Waals surface area contributed by atoms with Crippen molar-refractivity contribution in [2.75, 3.05) is 38.0 Å². The van der Waals surface area contributed by atoms with Crippen molar-refractivity contribution in [3.8, 4) is 5.75 Å². The Bertz CT molecular complexity index is 761. The summed E-state index contributed by atoms with van der Waals surface area (Å²) in [4.78, 5) is 16.5. The minimum absolute atomic E-state index is 0.0481. The minimum Gasteiger partial charge on any atom is -0.433 e. The molecule has 0 saturated carbocycles. The van der Waals surface area contributed by atoms with Gasteiger partial charge in [-0.05, 0) is 19.1 Å². The zero-order chi connectivity index (χ0) is 19.2. The van der Waals surface area contributed by atoms with Crippen LogP contribution in [0.1, 0.15) is 11.5 Å². The van der Waals surface area contributed by atoms with Crippen LogP contribution in [0.5, 0.6) is 5.75 Å². The van der Waals surface area contributed by atoms with E-state index in [1.165, 1.54) is 12.1 Å². The van der Waals surface area contributed by atoms with E-state index in [2.05, 4.69) is 20.1 Å². The predicted molar refractivity (Wildman–Crippen MR) is 94.7 cm³/mol. The summed E-state index contributed by atoms with van der Waals surface area (Å²) in [7, 11) is 0. The van der Waals surface area contributed by atoms with Gasteiger partial charge in [-0.3, -0.25) is 14.6 Å². The van der Waals surface area contributed by atoms with Gasteiger partial charge in [0.15, 0.2) is 5.76 Å². The second-order valence-electron chi connectivity index (χ2n) is 6.41. The molecular weight excluding hydrogens is 358 g/mol. The van der Waals surface area contributed by atoms with Crippen LogP contribution < -0.4 is 10.1 Å². The number of hydrogen-bond donors (Lipinski definition) is 1. The maximum atomic E-state index is 12.4. The number of nitrogens with zero attached hydrogens (tertiary/aromatic N) is 3. The smallest absolute Gasteiger partial charge is 0.387 e. The highest BCUT2D eigenvalue weighted by Gasteiger charge is 2.21. The zero-order valence-corrected chi connectivity index (χ0v) is 15.0. The van der Waals surface area contributed by atoms with Crippen LogP contribution in [0, 0.1) is 6.92 Å². The standard InChI is InChI=1S/C18H22F2N4O3/c1-13-10-14(27-22-13)11-23-6-8-24(9-7-23)12-17(25)21-15-4-2-3-5-16(15)26-18(19)20/h2-5,10,18H,6-9,11-12H2,1H3,(H,21,25). The lowest BCUT2D eigenvalue weighted by atomic mass is 10.2. The molecule has 1 saturated heterocycles. The number of aromatic nitrogens is 1. The third kappa shape index (κ3) is 5.73. The van der Waals surface area contributed by atoms with E-state index in [4.69, 9.17) is 4.52 Å². The normalized spacial score (nSPS) is 15.9. The number of piperazine rings is 1. The number of para-hydroxylation sites is 2. The number of benzene rings is 1. The quantitative estimate of drug-likeness (QED) is 0.795. The molecule has 27 heavy (non-hydrogen) atoms. The Labute approximate surface area is 155 Å². The summed E-state index contributed by atoms with van der Waals surface area (Å²) in [5.74, 6) is 0.516. The summed E-state index contributed by atoms with van der Waals surface area (Å²) in [6.45, 7) is 2.90. The van der Waals surface area contributed by atoms with Gasteiger partial charge >= 0.3 is 6.61 Å². The van der Waals surface area contributed by atoms with Crippen LogP contribution in [-0.4, -0.2) is 60.2 Å². The van der Waals surface area contributed by atoms with Gasteiger partial charge < -0.3 is 14.6 Å². The maximum absolute atomic E-state index is 12.4. The molecule has 0 atom stereocenters. The molecule has 2 aromatic rings. The van der Waals surface area contributed by atoms with Gasteiger partial charge in [-0.25, -0.2) is 0 Å². The number of hydrogen-bond acceptors (Lipinski definition) is 6. The number of carbonyl (C=O) groups excluding carboxylic acids is 1. The molecule has 0 aliphatic carbocycles. The van der Waals surface area contributed by atoms with Gasteiger partial charge in [0.1, 0.15) is 5.75 Å². The summed E-state index contributed by atoms with van der Waals surface area (Å²) in [6, 6.07) is 8.07. The molecule has 3 rings (SSSR count). The molecule has 1 amide bonds. The highest BCUT2D eigenvalue weighted by molar-refractivity contribution is 5.93. The zero-order valence-electron chi connectivity index (χ0n) is 15.0. The van der Waals surface area contributed by atoms with Crippen LogP contribution in [0.25, 0.3) is 0 Å². The van der Waals surface area contributed by atoms with Gasteiger partial charge in [0.2, 0.25) is 5.91 Å². The van der Waals surface area contributed by atoms with Crippen LogP contribution in [0.2, 0.25) is 0 Å². The van der Waals surface area contributed by atoms with Crippen molar-refractivity contribution in [2.24, 2.45) is 0 Å². The molecule has 0 bridgehead atoms. The summed E-state index contributed by atoms with van der Waals surface area (Å²) >= 11 is 0. The largest absolute Gasteiger partial charge is 0.433 e. The molecule has 2 heterocycles. The Morgan fingerprint density at radius 1 is 1.26 bits per heavy atom. The average Bonchev–Trinajstić information content (AvgIpc) is 3.03. The van der Waals surface area contributed by atoms with Crippen LogP contribution in [-0.2, 0) is 11.3 Å². The van der Waals surface area contributed by atoms with Crippen LogP contribution in [0.15, 0.2) is 34.9 Å². The molecule has 1 N–H and O–H groups in total. The monoisotopic (exact) mass is 380 g/mol. The van der Waals surface area contributed by atoms with Crippen molar-refractivity contribution in [3.05, 3.63) is 41.8 Å². The summed E-state index contributed by atoms with van der Waals surface area (Å²) in [6.07, 6.45) is 0. The summed E-state index contributed by atoms with van der Waals surface area (Å²) in [5.41, 5.74) is 1.10. The molecule has 0 spiro atoms. The number of ether oxygens (including phenoxy) is 1. The third-order valence-electron chi connectivity index (χ3n) is 4.27. The van der Waals surface area contributed by atoms with Gasteiger partial charge in [-0.2, -0.15) is 8.78 Å². The Hall–Kier alpha value is -2.52. The number of rotatable bonds is 7. The Morgan fingerprint density at radius 3 is 2.63 bits per heavy atom. The average molecular weight is 380 g/mol. The topological polar surface area (TPSA) is 70.8 Å². The van der Waals surface area contributed by atoms with Crippen LogP contribution in [0.4, 0.5) is 14.5 Å². The first-order valence-corrected chi connectivity index (χ1v) is 8.70. The van der Waals surface area contributed by atoms with Crippen molar-refractivity contribution >= 4 is 11.6 Å². The number of carbonyl (C=O) groups is 1. The second-order valence-corrected chi connectivity index (χ2v) is 6.41. The van der Waals surface area contributed by atoms with E-state index in [0.29, 0.717) is 6.54 Å². The first-order chi connectivity index (χ1) is 13.0. The van der Waals surface area contributed by atoms with Crippen molar-refractivity contribution in [1.82, 2.24) is 15.0 Å². The second kappa shape index (κ2) is 8.92. The molecular formula is C18H22F2N4O3. The van der Waals surface area contributed by atoms with Gasteiger partial charge in [-0.1, -0.05) is 17.3 Å². The number of nitrogens with one attached hydrogen (secondary N) is 1. The Balaban J connectivity index is 1.46. The fourth-order valence-corrected chi connectivity index (χ4v) is 2.98. The lowest BCUT2D eigenvalue weighted by molar-refractivity contribution is -0.117. The van der Waals surface area contributed by atoms with E-state index in [1.807, 2.05) is 17.9 Å². The number of amides is 1. The SMILES string of the molecule is Cc1cc(CN2CCN(CC(=O)Nc3ccccc3OC(F)F)CC2)on1. The molecule has 9 heteroatoms.